The van der Waals surface area contributed by atoms with E-state index in [1.807, 2.05) is 30.3 Å². The van der Waals surface area contributed by atoms with E-state index in [9.17, 15) is 4.79 Å². The molecule has 70 valence electrons. The zero-order chi connectivity index (χ0) is 9.80. The van der Waals surface area contributed by atoms with Crippen molar-refractivity contribution in [1.82, 2.24) is 9.78 Å². The summed E-state index contributed by atoms with van der Waals surface area (Å²) >= 11 is 0. The maximum atomic E-state index is 10.8. The van der Waals surface area contributed by atoms with E-state index in [4.69, 9.17) is 0 Å². The number of nitrogens with zero attached hydrogens (tertiary/aromatic N) is 2. The van der Waals surface area contributed by atoms with Crippen LogP contribution in [0.5, 0.6) is 0 Å². The molecule has 0 spiro atoms. The Bertz CT molecular complexity index is 442. The van der Waals surface area contributed by atoms with E-state index in [0.29, 0.717) is 6.54 Å². The summed E-state index contributed by atoms with van der Waals surface area (Å²) in [6.07, 6.45) is 3.01. The second-order valence-electron chi connectivity index (χ2n) is 3.05. The first-order chi connectivity index (χ1) is 6.84. The molecule has 2 rings (SSSR count). The average Bonchev–Trinajstić information content (AvgIpc) is 2.23. The van der Waals surface area contributed by atoms with Gasteiger partial charge in [-0.3, -0.25) is 9.48 Å². The maximum absolute atomic E-state index is 10.8. The number of hydrogen-bond acceptors (Lipinski definition) is 2. The highest BCUT2D eigenvalue weighted by atomic mass is 16.1. The second-order valence-corrected chi connectivity index (χ2v) is 3.05. The molecule has 3 heteroatoms. The van der Waals surface area contributed by atoms with Crippen LogP contribution in [0, 0.1) is 0 Å². The van der Waals surface area contributed by atoms with Crippen LogP contribution in [-0.4, -0.2) is 9.78 Å². The molecule has 1 aromatic heterocycles. The SMILES string of the molecule is O=c1ccn(Cc2ccccc2)nc1. The molecule has 0 saturated heterocycles. The van der Waals surface area contributed by atoms with E-state index in [0.717, 1.165) is 0 Å². The van der Waals surface area contributed by atoms with Crippen molar-refractivity contribution in [2.24, 2.45) is 0 Å². The van der Waals surface area contributed by atoms with Gasteiger partial charge < -0.3 is 0 Å². The Morgan fingerprint density at radius 2 is 1.93 bits per heavy atom. The second kappa shape index (κ2) is 3.87. The zero-order valence-electron chi connectivity index (χ0n) is 7.63. The van der Waals surface area contributed by atoms with Crippen LogP contribution in [0.3, 0.4) is 0 Å². The lowest BCUT2D eigenvalue weighted by atomic mass is 10.2. The summed E-state index contributed by atoms with van der Waals surface area (Å²) in [4.78, 5) is 10.8. The molecule has 0 radical (unpaired) electrons. The van der Waals surface area contributed by atoms with Crippen molar-refractivity contribution in [2.75, 3.05) is 0 Å². The number of rotatable bonds is 2. The summed E-state index contributed by atoms with van der Waals surface area (Å²) in [5.41, 5.74) is 1.11. The summed E-state index contributed by atoms with van der Waals surface area (Å²) in [6.45, 7) is 0.696. The molecule has 2 aromatic rings. The van der Waals surface area contributed by atoms with Gasteiger partial charge in [0.1, 0.15) is 0 Å². The van der Waals surface area contributed by atoms with Gasteiger partial charge in [0.15, 0.2) is 5.43 Å². The molecule has 0 bridgehead atoms. The van der Waals surface area contributed by atoms with E-state index in [1.54, 1.807) is 10.9 Å². The minimum absolute atomic E-state index is 0.0608. The van der Waals surface area contributed by atoms with E-state index < -0.39 is 0 Å². The van der Waals surface area contributed by atoms with E-state index in [-0.39, 0.29) is 5.43 Å². The van der Waals surface area contributed by atoms with Gasteiger partial charge in [-0.2, -0.15) is 5.10 Å². The first kappa shape index (κ1) is 8.69. The number of hydrogen-bond donors (Lipinski definition) is 0. The highest BCUT2D eigenvalue weighted by molar-refractivity contribution is 5.14. The third-order valence-corrected chi connectivity index (χ3v) is 1.93. The monoisotopic (exact) mass is 186 g/mol. The maximum Gasteiger partial charge on any atom is 0.200 e. The molecule has 1 heterocycles. The summed E-state index contributed by atoms with van der Waals surface area (Å²) in [5, 5.41) is 3.98. The molecule has 0 amide bonds. The molecule has 0 saturated carbocycles. The molecule has 14 heavy (non-hydrogen) atoms. The molecular weight excluding hydrogens is 176 g/mol. The van der Waals surface area contributed by atoms with Gasteiger partial charge in [0.2, 0.25) is 0 Å². The van der Waals surface area contributed by atoms with Crippen LogP contribution in [0.15, 0.2) is 53.6 Å². The van der Waals surface area contributed by atoms with Gasteiger partial charge in [-0.25, -0.2) is 0 Å². The predicted octanol–water partition coefficient (Wildman–Crippen LogP) is 1.29. The number of benzene rings is 1. The van der Waals surface area contributed by atoms with E-state index in [2.05, 4.69) is 5.10 Å². The Morgan fingerprint density at radius 1 is 1.14 bits per heavy atom. The smallest absolute Gasteiger partial charge is 0.200 e. The van der Waals surface area contributed by atoms with E-state index >= 15 is 0 Å². The van der Waals surface area contributed by atoms with Crippen molar-refractivity contribution in [3.8, 4) is 0 Å². The van der Waals surface area contributed by atoms with Crippen LogP contribution in [0.2, 0.25) is 0 Å². The molecule has 0 aliphatic carbocycles. The Labute approximate surface area is 81.6 Å². The molecule has 0 N–H and O–H groups in total. The Hall–Kier alpha value is -1.90. The zero-order valence-corrected chi connectivity index (χ0v) is 7.63. The van der Waals surface area contributed by atoms with Gasteiger partial charge in [0, 0.05) is 12.3 Å². The number of aromatic nitrogens is 2. The quantitative estimate of drug-likeness (QED) is 0.708. The minimum Gasteiger partial charge on any atom is -0.288 e. The fourth-order valence-electron chi connectivity index (χ4n) is 1.24. The molecule has 0 atom stereocenters. The third kappa shape index (κ3) is 2.07. The largest absolute Gasteiger partial charge is 0.288 e. The van der Waals surface area contributed by atoms with Crippen LogP contribution in [0.1, 0.15) is 5.56 Å². The van der Waals surface area contributed by atoms with E-state index in [1.165, 1.54) is 17.8 Å². The standard InChI is InChI=1S/C11H10N2O/c14-11-6-7-13(12-8-11)9-10-4-2-1-3-5-10/h1-8H,9H2. The van der Waals surface area contributed by atoms with Crippen LogP contribution >= 0.6 is 0 Å². The predicted molar refractivity (Wildman–Crippen MR) is 54.0 cm³/mol. The van der Waals surface area contributed by atoms with Gasteiger partial charge in [-0.1, -0.05) is 30.3 Å². The summed E-state index contributed by atoms with van der Waals surface area (Å²) < 4.78 is 1.73. The highest BCUT2D eigenvalue weighted by Gasteiger charge is 1.92. The summed E-state index contributed by atoms with van der Waals surface area (Å²) in [7, 11) is 0. The lowest BCUT2D eigenvalue weighted by Crippen LogP contribution is -2.09. The van der Waals surface area contributed by atoms with Crippen molar-refractivity contribution in [3.05, 3.63) is 64.6 Å². The van der Waals surface area contributed by atoms with Crippen LogP contribution in [-0.2, 0) is 6.54 Å². The van der Waals surface area contributed by atoms with Gasteiger partial charge in [-0.05, 0) is 5.56 Å². The highest BCUT2D eigenvalue weighted by Crippen LogP contribution is 1.99. The Balaban J connectivity index is 2.19. The van der Waals surface area contributed by atoms with Crippen molar-refractivity contribution >= 4 is 0 Å². The summed E-state index contributed by atoms with van der Waals surface area (Å²) in [5.74, 6) is 0. The van der Waals surface area contributed by atoms with Crippen LogP contribution in [0.4, 0.5) is 0 Å². The normalized spacial score (nSPS) is 10.0. The molecule has 0 aliphatic heterocycles. The molecule has 0 aliphatic rings. The first-order valence-corrected chi connectivity index (χ1v) is 4.41. The van der Waals surface area contributed by atoms with Crippen LogP contribution in [0.25, 0.3) is 0 Å². The lowest BCUT2D eigenvalue weighted by Gasteiger charge is -2.03. The summed E-state index contributed by atoms with van der Waals surface area (Å²) in [6, 6.07) is 11.5. The van der Waals surface area contributed by atoms with Crippen molar-refractivity contribution < 1.29 is 0 Å². The molecule has 0 unspecified atom stereocenters. The minimum atomic E-state index is -0.0608. The molecule has 1 aromatic carbocycles. The van der Waals surface area contributed by atoms with Gasteiger partial charge >= 0.3 is 0 Å². The molecular formula is C11H10N2O. The molecule has 0 fully saturated rings. The third-order valence-electron chi connectivity index (χ3n) is 1.93. The Morgan fingerprint density at radius 3 is 2.57 bits per heavy atom. The van der Waals surface area contributed by atoms with Gasteiger partial charge in [0.25, 0.3) is 0 Å². The topological polar surface area (TPSA) is 34.9 Å². The van der Waals surface area contributed by atoms with Gasteiger partial charge in [-0.15, -0.1) is 0 Å². The van der Waals surface area contributed by atoms with Crippen molar-refractivity contribution in [3.63, 3.8) is 0 Å². The molecule has 3 nitrogen and oxygen atoms in total. The fraction of sp³-hybridized carbons (Fsp3) is 0.0909. The lowest BCUT2D eigenvalue weighted by molar-refractivity contribution is 0.662. The van der Waals surface area contributed by atoms with Crippen molar-refractivity contribution in [1.29, 1.82) is 0 Å². The Kier molecular flexibility index (Phi) is 2.40. The van der Waals surface area contributed by atoms with Gasteiger partial charge in [0.05, 0.1) is 12.7 Å². The average molecular weight is 186 g/mol. The van der Waals surface area contributed by atoms with Crippen LogP contribution < -0.4 is 5.43 Å². The van der Waals surface area contributed by atoms with Crippen molar-refractivity contribution in [2.45, 2.75) is 6.54 Å². The fourth-order valence-corrected chi connectivity index (χ4v) is 1.24. The first-order valence-electron chi connectivity index (χ1n) is 4.41.